The fraction of sp³-hybridized carbons (Fsp3) is 0.421. The standard InChI is InChI=1S/C19H23N3O2/c1-24-17-9-7-14(8-10-17)18-11-16(21-13-22-18)12-20-19(23)15-5-3-2-4-6-15/h7-11,13,15H,2-6,12H2,1H3,(H,20,23). The summed E-state index contributed by atoms with van der Waals surface area (Å²) in [4.78, 5) is 20.8. The summed E-state index contributed by atoms with van der Waals surface area (Å²) in [5.74, 6) is 1.13. The van der Waals surface area contributed by atoms with Gasteiger partial charge in [0.15, 0.2) is 0 Å². The number of methoxy groups -OCH3 is 1. The number of ether oxygens (including phenoxy) is 1. The number of rotatable bonds is 5. The molecule has 3 rings (SSSR count). The second-order valence-corrected chi connectivity index (χ2v) is 6.18. The molecule has 126 valence electrons. The number of hydrogen-bond donors (Lipinski definition) is 1. The summed E-state index contributed by atoms with van der Waals surface area (Å²) in [6.45, 7) is 0.445. The molecular weight excluding hydrogens is 302 g/mol. The highest BCUT2D eigenvalue weighted by Gasteiger charge is 2.20. The number of carbonyl (C=O) groups is 1. The van der Waals surface area contributed by atoms with E-state index in [1.807, 2.05) is 30.3 Å². The van der Waals surface area contributed by atoms with Gasteiger partial charge < -0.3 is 10.1 Å². The van der Waals surface area contributed by atoms with Gasteiger partial charge in [-0.15, -0.1) is 0 Å². The van der Waals surface area contributed by atoms with Crippen molar-refractivity contribution in [3.05, 3.63) is 42.4 Å². The van der Waals surface area contributed by atoms with Crippen molar-refractivity contribution in [1.29, 1.82) is 0 Å². The van der Waals surface area contributed by atoms with Crippen molar-refractivity contribution in [3.8, 4) is 17.0 Å². The van der Waals surface area contributed by atoms with Crippen molar-refractivity contribution < 1.29 is 9.53 Å². The summed E-state index contributed by atoms with van der Waals surface area (Å²) in [5, 5.41) is 3.02. The lowest BCUT2D eigenvalue weighted by Crippen LogP contribution is -2.31. The minimum absolute atomic E-state index is 0.152. The first-order valence-corrected chi connectivity index (χ1v) is 8.49. The Balaban J connectivity index is 1.63. The van der Waals surface area contributed by atoms with Crippen LogP contribution in [0.25, 0.3) is 11.3 Å². The van der Waals surface area contributed by atoms with E-state index in [-0.39, 0.29) is 11.8 Å². The van der Waals surface area contributed by atoms with Crippen LogP contribution in [-0.4, -0.2) is 23.0 Å². The third-order valence-electron chi connectivity index (χ3n) is 4.53. The van der Waals surface area contributed by atoms with Crippen LogP contribution in [0.15, 0.2) is 36.7 Å². The second-order valence-electron chi connectivity index (χ2n) is 6.18. The quantitative estimate of drug-likeness (QED) is 0.915. The molecule has 1 N–H and O–H groups in total. The molecule has 1 aliphatic carbocycles. The molecule has 1 aromatic heterocycles. The fourth-order valence-corrected chi connectivity index (χ4v) is 3.10. The highest BCUT2D eigenvalue weighted by Crippen LogP contribution is 2.24. The lowest BCUT2D eigenvalue weighted by atomic mass is 9.89. The largest absolute Gasteiger partial charge is 0.497 e. The summed E-state index contributed by atoms with van der Waals surface area (Å²) in [5.41, 5.74) is 2.66. The monoisotopic (exact) mass is 325 g/mol. The number of nitrogens with zero attached hydrogens (tertiary/aromatic N) is 2. The molecule has 1 aliphatic rings. The van der Waals surface area contributed by atoms with Gasteiger partial charge in [0.2, 0.25) is 5.91 Å². The van der Waals surface area contributed by atoms with E-state index in [1.54, 1.807) is 13.4 Å². The van der Waals surface area contributed by atoms with E-state index < -0.39 is 0 Å². The predicted molar refractivity (Wildman–Crippen MR) is 92.4 cm³/mol. The molecule has 0 saturated heterocycles. The van der Waals surface area contributed by atoms with Crippen LogP contribution < -0.4 is 10.1 Å². The van der Waals surface area contributed by atoms with Crippen molar-refractivity contribution >= 4 is 5.91 Å². The zero-order valence-corrected chi connectivity index (χ0v) is 14.0. The van der Waals surface area contributed by atoms with Crippen molar-refractivity contribution in [3.63, 3.8) is 0 Å². The first kappa shape index (κ1) is 16.4. The maximum Gasteiger partial charge on any atom is 0.223 e. The van der Waals surface area contributed by atoms with Crippen LogP contribution in [0.1, 0.15) is 37.8 Å². The molecule has 0 unspecified atom stereocenters. The minimum atomic E-state index is 0.152. The molecule has 2 aromatic rings. The average Bonchev–Trinajstić information content (AvgIpc) is 2.67. The van der Waals surface area contributed by atoms with Gasteiger partial charge in [-0.25, -0.2) is 9.97 Å². The van der Waals surface area contributed by atoms with E-state index in [1.165, 1.54) is 6.42 Å². The fourth-order valence-electron chi connectivity index (χ4n) is 3.10. The smallest absolute Gasteiger partial charge is 0.223 e. The van der Waals surface area contributed by atoms with E-state index in [2.05, 4.69) is 15.3 Å². The van der Waals surface area contributed by atoms with Crippen LogP contribution in [0.5, 0.6) is 5.75 Å². The Morgan fingerprint density at radius 2 is 1.92 bits per heavy atom. The van der Waals surface area contributed by atoms with Gasteiger partial charge in [0.1, 0.15) is 12.1 Å². The van der Waals surface area contributed by atoms with Gasteiger partial charge in [-0.3, -0.25) is 4.79 Å². The minimum Gasteiger partial charge on any atom is -0.497 e. The van der Waals surface area contributed by atoms with Gasteiger partial charge in [-0.05, 0) is 43.2 Å². The van der Waals surface area contributed by atoms with Crippen molar-refractivity contribution in [2.75, 3.05) is 7.11 Å². The molecule has 1 fully saturated rings. The lowest BCUT2D eigenvalue weighted by Gasteiger charge is -2.20. The first-order valence-electron chi connectivity index (χ1n) is 8.49. The van der Waals surface area contributed by atoms with Crippen molar-refractivity contribution in [2.45, 2.75) is 38.6 Å². The molecule has 1 saturated carbocycles. The molecule has 0 spiro atoms. The van der Waals surface area contributed by atoms with Crippen LogP contribution in [0.3, 0.4) is 0 Å². The number of nitrogens with one attached hydrogen (secondary N) is 1. The molecule has 1 heterocycles. The summed E-state index contributed by atoms with van der Waals surface area (Å²) >= 11 is 0. The maximum atomic E-state index is 12.2. The van der Waals surface area contributed by atoms with Crippen molar-refractivity contribution in [1.82, 2.24) is 15.3 Å². The molecule has 5 heteroatoms. The molecule has 1 amide bonds. The van der Waals surface area contributed by atoms with Crippen LogP contribution in [0, 0.1) is 5.92 Å². The third-order valence-corrected chi connectivity index (χ3v) is 4.53. The number of benzene rings is 1. The van der Waals surface area contributed by atoms with E-state index >= 15 is 0 Å². The Hall–Kier alpha value is -2.43. The van der Waals surface area contributed by atoms with Gasteiger partial charge in [-0.2, -0.15) is 0 Å². The predicted octanol–water partition coefficient (Wildman–Crippen LogP) is 3.35. The van der Waals surface area contributed by atoms with Crippen LogP contribution >= 0.6 is 0 Å². The number of amides is 1. The van der Waals surface area contributed by atoms with E-state index in [0.29, 0.717) is 6.54 Å². The Kier molecular flexibility index (Phi) is 5.41. The number of aromatic nitrogens is 2. The second kappa shape index (κ2) is 7.90. The van der Waals surface area contributed by atoms with Gasteiger partial charge in [0.25, 0.3) is 0 Å². The van der Waals surface area contributed by atoms with Crippen LogP contribution in [-0.2, 0) is 11.3 Å². The van der Waals surface area contributed by atoms with Crippen molar-refractivity contribution in [2.24, 2.45) is 5.92 Å². The highest BCUT2D eigenvalue weighted by molar-refractivity contribution is 5.78. The first-order chi connectivity index (χ1) is 11.8. The van der Waals surface area contributed by atoms with E-state index in [9.17, 15) is 4.79 Å². The summed E-state index contributed by atoms with van der Waals surface area (Å²) in [6.07, 6.45) is 7.13. The Morgan fingerprint density at radius 1 is 1.17 bits per heavy atom. The van der Waals surface area contributed by atoms with Gasteiger partial charge >= 0.3 is 0 Å². The zero-order chi connectivity index (χ0) is 16.8. The lowest BCUT2D eigenvalue weighted by molar-refractivity contribution is -0.126. The Morgan fingerprint density at radius 3 is 2.62 bits per heavy atom. The average molecular weight is 325 g/mol. The molecule has 0 atom stereocenters. The van der Waals surface area contributed by atoms with E-state index in [4.69, 9.17) is 4.74 Å². The Bertz CT molecular complexity index is 679. The number of carbonyl (C=O) groups excluding carboxylic acids is 1. The van der Waals surface area contributed by atoms with Gasteiger partial charge in [0.05, 0.1) is 25.0 Å². The maximum absolute atomic E-state index is 12.2. The van der Waals surface area contributed by atoms with Gasteiger partial charge in [-0.1, -0.05) is 19.3 Å². The topological polar surface area (TPSA) is 64.1 Å². The van der Waals surface area contributed by atoms with Crippen LogP contribution in [0.4, 0.5) is 0 Å². The SMILES string of the molecule is COc1ccc(-c2cc(CNC(=O)C3CCCCC3)ncn2)cc1. The summed E-state index contributed by atoms with van der Waals surface area (Å²) < 4.78 is 5.17. The number of hydrogen-bond acceptors (Lipinski definition) is 4. The summed E-state index contributed by atoms with van der Waals surface area (Å²) in [7, 11) is 1.65. The highest BCUT2D eigenvalue weighted by atomic mass is 16.5. The molecule has 0 bridgehead atoms. The molecule has 5 nitrogen and oxygen atoms in total. The Labute approximate surface area is 142 Å². The molecule has 0 aliphatic heterocycles. The normalized spacial score (nSPS) is 15.0. The molecular formula is C19H23N3O2. The third kappa shape index (κ3) is 4.10. The van der Waals surface area contributed by atoms with Gasteiger partial charge in [0, 0.05) is 11.5 Å². The zero-order valence-electron chi connectivity index (χ0n) is 14.0. The molecule has 0 radical (unpaired) electrons. The van der Waals surface area contributed by atoms with E-state index in [0.717, 1.165) is 48.4 Å². The molecule has 24 heavy (non-hydrogen) atoms. The summed E-state index contributed by atoms with van der Waals surface area (Å²) in [6, 6.07) is 9.66. The van der Waals surface area contributed by atoms with Crippen LogP contribution in [0.2, 0.25) is 0 Å². The molecule has 1 aromatic carbocycles.